The van der Waals surface area contributed by atoms with E-state index in [4.69, 9.17) is 4.74 Å². The van der Waals surface area contributed by atoms with Gasteiger partial charge in [-0.2, -0.15) is 0 Å². The maximum Gasteiger partial charge on any atom is 0.410 e. The van der Waals surface area contributed by atoms with Gasteiger partial charge in [0, 0.05) is 6.54 Å². The Bertz CT molecular complexity index is 327. The van der Waals surface area contributed by atoms with Crippen LogP contribution in [0.1, 0.15) is 27.2 Å². The molecule has 6 heteroatoms. The van der Waals surface area contributed by atoms with Gasteiger partial charge in [0.1, 0.15) is 11.8 Å². The van der Waals surface area contributed by atoms with Crippen molar-refractivity contribution in [1.29, 1.82) is 0 Å². The Kier molecular flexibility index (Phi) is 4.53. The summed E-state index contributed by atoms with van der Waals surface area (Å²) in [6.45, 7) is 5.42. The van der Waals surface area contributed by atoms with Gasteiger partial charge in [-0.1, -0.05) is 0 Å². The third-order valence-electron chi connectivity index (χ3n) is 2.70. The summed E-state index contributed by atoms with van der Waals surface area (Å²) in [5.74, 6) is -1.35. The molecule has 0 saturated carbocycles. The largest absolute Gasteiger partial charge is 0.469 e. The van der Waals surface area contributed by atoms with E-state index in [2.05, 4.69) is 4.74 Å². The number of esters is 1. The summed E-state index contributed by atoms with van der Waals surface area (Å²) >= 11 is 0. The zero-order valence-electron chi connectivity index (χ0n) is 11.2. The second-order valence-electron chi connectivity index (χ2n) is 5.36. The van der Waals surface area contributed by atoms with Crippen molar-refractivity contribution in [2.24, 2.45) is 5.92 Å². The number of alkyl halides is 1. The molecule has 2 atom stereocenters. The Labute approximate surface area is 106 Å². The SMILES string of the molecule is COC(=O)[C@@H]1CCN(C(=O)OC(C)(C)C)C[C@H]1F. The van der Waals surface area contributed by atoms with E-state index >= 15 is 0 Å². The molecule has 0 radical (unpaired) electrons. The Hall–Kier alpha value is -1.33. The molecule has 1 amide bonds. The van der Waals surface area contributed by atoms with E-state index in [0.717, 1.165) is 0 Å². The molecule has 0 N–H and O–H groups in total. The number of hydrogen-bond acceptors (Lipinski definition) is 4. The molecule has 104 valence electrons. The number of likely N-dealkylation sites (tertiary alicyclic amines) is 1. The number of amides is 1. The van der Waals surface area contributed by atoms with Crippen molar-refractivity contribution >= 4 is 12.1 Å². The summed E-state index contributed by atoms with van der Waals surface area (Å²) in [7, 11) is 1.23. The fourth-order valence-electron chi connectivity index (χ4n) is 1.81. The fraction of sp³-hybridized carbons (Fsp3) is 0.833. The van der Waals surface area contributed by atoms with Crippen LogP contribution < -0.4 is 0 Å². The molecule has 5 nitrogen and oxygen atoms in total. The van der Waals surface area contributed by atoms with E-state index in [1.54, 1.807) is 20.8 Å². The Balaban J connectivity index is 2.55. The molecular weight excluding hydrogens is 241 g/mol. The van der Waals surface area contributed by atoms with Crippen molar-refractivity contribution in [3.05, 3.63) is 0 Å². The number of hydrogen-bond donors (Lipinski definition) is 0. The predicted octanol–water partition coefficient (Wildman–Crippen LogP) is 1.75. The average Bonchev–Trinajstić information content (AvgIpc) is 2.25. The minimum absolute atomic E-state index is 0.130. The smallest absolute Gasteiger partial charge is 0.410 e. The monoisotopic (exact) mass is 261 g/mol. The molecule has 0 aromatic rings. The summed E-state index contributed by atoms with van der Waals surface area (Å²) in [5, 5.41) is 0. The molecule has 1 saturated heterocycles. The van der Waals surface area contributed by atoms with E-state index in [-0.39, 0.29) is 13.0 Å². The van der Waals surface area contributed by atoms with Crippen molar-refractivity contribution in [3.8, 4) is 0 Å². The van der Waals surface area contributed by atoms with Crippen molar-refractivity contribution in [2.45, 2.75) is 39.0 Å². The normalized spacial score (nSPS) is 24.6. The Morgan fingerprint density at radius 2 is 1.94 bits per heavy atom. The number of methoxy groups -OCH3 is 1. The predicted molar refractivity (Wildman–Crippen MR) is 62.8 cm³/mol. The standard InChI is InChI=1S/C12H20FNO4/c1-12(2,3)18-11(16)14-6-5-8(9(13)7-14)10(15)17-4/h8-9H,5-7H2,1-4H3/t8-,9-/m1/s1. The Morgan fingerprint density at radius 3 is 2.39 bits per heavy atom. The minimum atomic E-state index is -1.40. The minimum Gasteiger partial charge on any atom is -0.469 e. The highest BCUT2D eigenvalue weighted by atomic mass is 19.1. The second-order valence-corrected chi connectivity index (χ2v) is 5.36. The third kappa shape index (κ3) is 3.85. The molecule has 0 aliphatic carbocycles. The third-order valence-corrected chi connectivity index (χ3v) is 2.70. The number of ether oxygens (including phenoxy) is 2. The van der Waals surface area contributed by atoms with Crippen molar-refractivity contribution in [3.63, 3.8) is 0 Å². The first-order valence-electron chi connectivity index (χ1n) is 5.94. The maximum absolute atomic E-state index is 13.8. The molecule has 0 aromatic heterocycles. The number of piperidine rings is 1. The number of halogens is 1. The summed E-state index contributed by atoms with van der Waals surface area (Å²) in [6.07, 6.45) is -1.69. The van der Waals surface area contributed by atoms with Gasteiger partial charge < -0.3 is 14.4 Å². The van der Waals surface area contributed by atoms with Crippen LogP contribution in [0.4, 0.5) is 9.18 Å². The van der Waals surface area contributed by atoms with Gasteiger partial charge in [0.25, 0.3) is 0 Å². The zero-order chi connectivity index (χ0) is 13.9. The molecule has 1 rings (SSSR count). The van der Waals surface area contributed by atoms with Gasteiger partial charge >= 0.3 is 12.1 Å². The van der Waals surface area contributed by atoms with Gasteiger partial charge in [-0.15, -0.1) is 0 Å². The highest BCUT2D eigenvalue weighted by molar-refractivity contribution is 5.74. The van der Waals surface area contributed by atoms with Crippen molar-refractivity contribution in [2.75, 3.05) is 20.2 Å². The van der Waals surface area contributed by atoms with Crippen LogP contribution >= 0.6 is 0 Å². The van der Waals surface area contributed by atoms with Crippen LogP contribution in [0.3, 0.4) is 0 Å². The van der Waals surface area contributed by atoms with Gasteiger partial charge in [0.2, 0.25) is 0 Å². The lowest BCUT2D eigenvalue weighted by Crippen LogP contribution is -2.48. The lowest BCUT2D eigenvalue weighted by Gasteiger charge is -2.34. The first kappa shape index (κ1) is 14.7. The lowest BCUT2D eigenvalue weighted by atomic mass is 9.95. The van der Waals surface area contributed by atoms with Gasteiger partial charge in [0.05, 0.1) is 19.6 Å². The first-order valence-corrected chi connectivity index (χ1v) is 5.94. The van der Waals surface area contributed by atoms with Crippen LogP contribution in [0.2, 0.25) is 0 Å². The Morgan fingerprint density at radius 1 is 1.33 bits per heavy atom. The van der Waals surface area contributed by atoms with E-state index < -0.39 is 29.8 Å². The molecular formula is C12H20FNO4. The van der Waals surface area contributed by atoms with Gasteiger partial charge in [0.15, 0.2) is 0 Å². The highest BCUT2D eigenvalue weighted by Gasteiger charge is 2.37. The van der Waals surface area contributed by atoms with Crippen molar-refractivity contribution in [1.82, 2.24) is 4.90 Å². The van der Waals surface area contributed by atoms with E-state index in [1.165, 1.54) is 12.0 Å². The topological polar surface area (TPSA) is 55.8 Å². The van der Waals surface area contributed by atoms with Gasteiger partial charge in [-0.25, -0.2) is 9.18 Å². The summed E-state index contributed by atoms with van der Waals surface area (Å²) in [5.41, 5.74) is -0.609. The molecule has 1 fully saturated rings. The summed E-state index contributed by atoms with van der Waals surface area (Å²) < 4.78 is 23.5. The molecule has 1 aliphatic rings. The van der Waals surface area contributed by atoms with Crippen LogP contribution in [-0.4, -0.2) is 48.9 Å². The molecule has 0 spiro atoms. The number of carbonyl (C=O) groups is 2. The summed E-state index contributed by atoms with van der Waals surface area (Å²) in [4.78, 5) is 24.3. The second kappa shape index (κ2) is 5.54. The van der Waals surface area contributed by atoms with E-state index in [1.807, 2.05) is 0 Å². The molecule has 18 heavy (non-hydrogen) atoms. The molecule has 0 unspecified atom stereocenters. The van der Waals surface area contributed by atoms with Crippen LogP contribution in [0.15, 0.2) is 0 Å². The van der Waals surface area contributed by atoms with Crippen LogP contribution in [0.25, 0.3) is 0 Å². The zero-order valence-corrected chi connectivity index (χ0v) is 11.2. The number of carbonyl (C=O) groups excluding carboxylic acids is 2. The van der Waals surface area contributed by atoms with Gasteiger partial charge in [-0.3, -0.25) is 4.79 Å². The fourth-order valence-corrected chi connectivity index (χ4v) is 1.81. The molecule has 0 bridgehead atoms. The highest BCUT2D eigenvalue weighted by Crippen LogP contribution is 2.23. The summed E-state index contributed by atoms with van der Waals surface area (Å²) in [6, 6.07) is 0. The number of nitrogens with zero attached hydrogens (tertiary/aromatic N) is 1. The van der Waals surface area contributed by atoms with Crippen LogP contribution in [-0.2, 0) is 14.3 Å². The van der Waals surface area contributed by atoms with E-state index in [0.29, 0.717) is 6.54 Å². The quantitative estimate of drug-likeness (QED) is 0.675. The molecule has 0 aromatic carbocycles. The first-order chi connectivity index (χ1) is 8.24. The van der Waals surface area contributed by atoms with Crippen molar-refractivity contribution < 1.29 is 23.5 Å². The van der Waals surface area contributed by atoms with Crippen LogP contribution in [0.5, 0.6) is 0 Å². The van der Waals surface area contributed by atoms with Crippen LogP contribution in [0, 0.1) is 5.92 Å². The molecule has 1 heterocycles. The van der Waals surface area contributed by atoms with Gasteiger partial charge in [-0.05, 0) is 27.2 Å². The lowest BCUT2D eigenvalue weighted by molar-refractivity contribution is -0.150. The molecule has 1 aliphatic heterocycles. The average molecular weight is 261 g/mol. The van der Waals surface area contributed by atoms with E-state index in [9.17, 15) is 14.0 Å². The maximum atomic E-state index is 13.8. The number of rotatable bonds is 1.